The van der Waals surface area contributed by atoms with E-state index in [1.807, 2.05) is 23.5 Å². The molecule has 0 radical (unpaired) electrons. The quantitative estimate of drug-likeness (QED) is 0.0314. The van der Waals surface area contributed by atoms with E-state index in [2.05, 4.69) is 110 Å². The molecule has 6 aromatic rings. The van der Waals surface area contributed by atoms with Gasteiger partial charge in [0, 0.05) is 148 Å². The number of ether oxygens (including phenoxy) is 1. The first kappa shape index (κ1) is 79.0. The third kappa shape index (κ3) is 19.9. The highest BCUT2D eigenvalue weighted by atomic mass is 16.5. The number of likely N-dealkylation sites (tertiary alicyclic amines) is 3. The van der Waals surface area contributed by atoms with Gasteiger partial charge in [0.15, 0.2) is 0 Å². The minimum atomic E-state index is -0.181. The summed E-state index contributed by atoms with van der Waals surface area (Å²) in [7, 11) is 1.63. The van der Waals surface area contributed by atoms with Gasteiger partial charge in [-0.3, -0.25) is 14.4 Å². The van der Waals surface area contributed by atoms with Gasteiger partial charge in [0.2, 0.25) is 35.6 Å². The van der Waals surface area contributed by atoms with Crippen LogP contribution in [0.3, 0.4) is 0 Å². The van der Waals surface area contributed by atoms with Crippen LogP contribution in [0.5, 0.6) is 0 Å². The second kappa shape index (κ2) is 38.2. The molecule has 7 N–H and O–H groups in total. The number of hydrogen-bond donors (Lipinski definition) is 7. The molecule has 0 bridgehead atoms. The highest BCUT2D eigenvalue weighted by molar-refractivity contribution is 5.85. The summed E-state index contributed by atoms with van der Waals surface area (Å²) in [4.78, 5) is 73.9. The number of amides is 3. The smallest absolute Gasteiger partial charge is 0.225 e. The maximum atomic E-state index is 13.1. The number of aliphatic hydroxyl groups is 3. The van der Waals surface area contributed by atoms with Crippen molar-refractivity contribution in [3.8, 4) is 0 Å². The van der Waals surface area contributed by atoms with Crippen LogP contribution in [0.25, 0.3) is 33.1 Å². The van der Waals surface area contributed by atoms with Crippen molar-refractivity contribution in [1.82, 2.24) is 63.6 Å². The van der Waals surface area contributed by atoms with Crippen molar-refractivity contribution in [2.75, 3.05) is 82.0 Å². The number of carbonyl (C=O) groups is 3. The Balaban J connectivity index is 0.000000149. The molecule has 6 aromatic heterocycles. The van der Waals surface area contributed by atoms with Crippen LogP contribution < -0.4 is 21.3 Å². The predicted molar refractivity (Wildman–Crippen MR) is 421 cm³/mol. The van der Waals surface area contributed by atoms with Crippen LogP contribution >= 0.6 is 0 Å². The Bertz CT molecular complexity index is 3580. The summed E-state index contributed by atoms with van der Waals surface area (Å²) in [5.41, 5.74) is 7.01. The van der Waals surface area contributed by atoms with Crippen LogP contribution in [0.1, 0.15) is 300 Å². The van der Waals surface area contributed by atoms with Crippen molar-refractivity contribution in [1.29, 1.82) is 0 Å². The lowest BCUT2D eigenvalue weighted by Gasteiger charge is -2.35. The number of carbonyl (C=O) groups excluding carboxylic acids is 3. The van der Waals surface area contributed by atoms with Gasteiger partial charge in [-0.1, -0.05) is 59.3 Å². The van der Waals surface area contributed by atoms with Crippen molar-refractivity contribution < 1.29 is 34.4 Å². The second-order valence-corrected chi connectivity index (χ2v) is 33.1. The monoisotopic (exact) mass is 1460 g/mol. The molecule has 4 aliphatic carbocycles. The number of fused-ring (bicyclic) bond motifs is 3. The van der Waals surface area contributed by atoms with E-state index in [9.17, 15) is 29.7 Å². The van der Waals surface area contributed by atoms with Gasteiger partial charge in [-0.25, -0.2) is 15.0 Å². The van der Waals surface area contributed by atoms with Gasteiger partial charge in [-0.05, 0) is 229 Å². The minimum absolute atomic E-state index is 0.171. The summed E-state index contributed by atoms with van der Waals surface area (Å²) in [6, 6.07) is 2.09. The van der Waals surface area contributed by atoms with Crippen molar-refractivity contribution in [2.45, 2.75) is 319 Å². The van der Waals surface area contributed by atoms with Crippen LogP contribution in [-0.2, 0) is 19.1 Å². The van der Waals surface area contributed by atoms with Crippen molar-refractivity contribution in [3.05, 3.63) is 53.9 Å². The molecule has 23 nitrogen and oxygen atoms in total. The third-order valence-electron chi connectivity index (χ3n) is 25.2. The lowest BCUT2D eigenvalue weighted by molar-refractivity contribution is -0.138. The zero-order valence-corrected chi connectivity index (χ0v) is 65.4. The summed E-state index contributed by atoms with van der Waals surface area (Å²) in [5, 5.41) is 47.4. The molecule has 8 fully saturated rings. The molecular weight excluding hydrogens is 1330 g/mol. The van der Waals surface area contributed by atoms with E-state index in [4.69, 9.17) is 29.7 Å². The average molecular weight is 1460 g/mol. The zero-order valence-electron chi connectivity index (χ0n) is 65.4. The topological polar surface area (TPSA) is 271 Å². The standard InChI is InChI=1S/C29H45N5O2.C28H44N6O2.C26H41N5O3/c1-3-7-20(2)31-29-30-18-25-26(19-34(27(25)32-29)23-10-12-24(35)13-11-23)21-14-16-33(17-15-21)28(36)22-8-5-4-6-9-22;1-3-4-19(2)31-28-30-17-24-25(18-34(26(24)32-28)22-5-7-23(35)8-6-22)20-11-15-33(16-12-20)27(36)21-9-13-29-14-10-21;1-4-5-18(2)28-26-27-16-22-23(19-10-13-30(14-11-19)24(33)12-15-34-3)17-31(25(22)29-26)20-6-8-21(32)9-7-20/h18-24,35H,3-17H2,1-2H3,(H,30,31,32);17-23,29,35H,3-16H2,1-2H3,(H,30,31,32);16-21,32H,4-15H2,1-3H3,(H,27,28,29)/t20-,23?,24?;19-,22?,23?;18-,20?,21?/m000/s1. The van der Waals surface area contributed by atoms with E-state index in [0.29, 0.717) is 96.7 Å². The van der Waals surface area contributed by atoms with Gasteiger partial charge in [-0.15, -0.1) is 0 Å². The molecule has 584 valence electrons. The van der Waals surface area contributed by atoms with Gasteiger partial charge in [0.25, 0.3) is 0 Å². The number of aromatic nitrogens is 9. The second-order valence-electron chi connectivity index (χ2n) is 33.1. The fourth-order valence-electron chi connectivity index (χ4n) is 18.9. The molecule has 106 heavy (non-hydrogen) atoms. The molecule has 3 amide bonds. The molecule has 0 spiro atoms. The Morgan fingerprint density at radius 2 is 0.774 bits per heavy atom. The number of hydrogen-bond acceptors (Lipinski definition) is 17. The number of nitrogens with zero attached hydrogens (tertiary/aromatic N) is 12. The van der Waals surface area contributed by atoms with Crippen LogP contribution in [0.4, 0.5) is 17.8 Å². The normalized spacial score (nSPS) is 24.5. The highest BCUT2D eigenvalue weighted by Gasteiger charge is 2.36. The van der Waals surface area contributed by atoms with E-state index < -0.39 is 0 Å². The Morgan fingerprint density at radius 3 is 1.09 bits per heavy atom. The molecule has 4 aliphatic heterocycles. The fourth-order valence-corrected chi connectivity index (χ4v) is 18.9. The van der Waals surface area contributed by atoms with E-state index in [-0.39, 0.29) is 36.1 Å². The van der Waals surface area contributed by atoms with Crippen molar-refractivity contribution >= 4 is 68.7 Å². The first-order chi connectivity index (χ1) is 51.6. The van der Waals surface area contributed by atoms with Crippen LogP contribution in [0.15, 0.2) is 37.2 Å². The molecule has 4 saturated carbocycles. The van der Waals surface area contributed by atoms with Crippen LogP contribution in [0.2, 0.25) is 0 Å². The third-order valence-corrected chi connectivity index (χ3v) is 25.2. The largest absolute Gasteiger partial charge is 0.393 e. The predicted octanol–water partition coefficient (Wildman–Crippen LogP) is 14.3. The number of piperidine rings is 4. The first-order valence-corrected chi connectivity index (χ1v) is 42.1. The summed E-state index contributed by atoms with van der Waals surface area (Å²) in [6.07, 6.45) is 44.2. The lowest BCUT2D eigenvalue weighted by atomic mass is 9.86. The fraction of sp³-hybridized carbons (Fsp3) is 0.747. The first-order valence-electron chi connectivity index (χ1n) is 42.1. The van der Waals surface area contributed by atoms with Gasteiger partial charge in [0.05, 0.1) is 31.3 Å². The summed E-state index contributed by atoms with van der Waals surface area (Å²) >= 11 is 0. The van der Waals surface area contributed by atoms with E-state index in [1.54, 1.807) is 7.11 Å². The maximum absolute atomic E-state index is 13.1. The maximum Gasteiger partial charge on any atom is 0.225 e. The van der Waals surface area contributed by atoms with Crippen LogP contribution in [-0.4, -0.2) is 194 Å². The minimum Gasteiger partial charge on any atom is -0.393 e. The van der Waals surface area contributed by atoms with Crippen molar-refractivity contribution in [2.24, 2.45) is 11.8 Å². The molecule has 10 heterocycles. The summed E-state index contributed by atoms with van der Waals surface area (Å²) in [5.74, 6) is 4.74. The van der Waals surface area contributed by atoms with E-state index in [0.717, 1.165) is 265 Å². The molecule has 4 saturated heterocycles. The molecule has 0 aromatic carbocycles. The summed E-state index contributed by atoms with van der Waals surface area (Å²) < 4.78 is 12.2. The number of anilines is 3. The van der Waals surface area contributed by atoms with Gasteiger partial charge in [0.1, 0.15) is 16.9 Å². The van der Waals surface area contributed by atoms with Gasteiger partial charge < -0.3 is 69.7 Å². The number of rotatable bonds is 23. The van der Waals surface area contributed by atoms with Crippen LogP contribution in [0, 0.1) is 11.8 Å². The Kier molecular flexibility index (Phi) is 28.5. The lowest BCUT2D eigenvalue weighted by Crippen LogP contribution is -2.44. The zero-order chi connectivity index (χ0) is 74.2. The molecule has 14 rings (SSSR count). The molecule has 3 atom stereocenters. The Hall–Kier alpha value is -6.53. The Labute approximate surface area is 630 Å². The highest BCUT2D eigenvalue weighted by Crippen LogP contribution is 2.43. The van der Waals surface area contributed by atoms with Crippen molar-refractivity contribution in [3.63, 3.8) is 0 Å². The SMILES string of the molecule is CCC[C@H](C)Nc1ncc2c(C3CCN(C(=O)C4CCCCC4)CC3)cn(C3CCC(O)CC3)c2n1.CCC[C@H](C)Nc1ncc2c(C3CCN(C(=O)C4CCNCC4)CC3)cn(C3CCC(O)CC3)c2n1.CCC[C@H](C)Nc1ncc2c(C3CCN(C(=O)CCOC)CC3)cn(C3CCC(O)CC3)c2n1. The molecule has 8 aliphatic rings. The van der Waals surface area contributed by atoms with E-state index in [1.165, 1.54) is 36.0 Å². The van der Waals surface area contributed by atoms with Gasteiger partial charge in [-0.2, -0.15) is 15.0 Å². The molecule has 0 unspecified atom stereocenters. The van der Waals surface area contributed by atoms with Gasteiger partial charge >= 0.3 is 0 Å². The summed E-state index contributed by atoms with van der Waals surface area (Å²) in [6.45, 7) is 20.5. The van der Waals surface area contributed by atoms with E-state index >= 15 is 0 Å². The Morgan fingerprint density at radius 1 is 0.453 bits per heavy atom. The number of aliphatic hydroxyl groups excluding tert-OH is 3. The molecule has 23 heteroatoms. The average Bonchev–Trinajstić information content (AvgIpc) is 1.63. The molecular formula is C83H130N16O7. The number of nitrogens with one attached hydrogen (secondary N) is 4. The number of methoxy groups -OCH3 is 1.